The Hall–Kier alpha value is -2.00. The van der Waals surface area contributed by atoms with Crippen LogP contribution in [0, 0.1) is 19.3 Å². The van der Waals surface area contributed by atoms with Gasteiger partial charge < -0.3 is 10.5 Å². The molecule has 0 radical (unpaired) electrons. The number of nitrogen functional groups attached to an aromatic ring is 1. The summed E-state index contributed by atoms with van der Waals surface area (Å²) in [7, 11) is 0. The van der Waals surface area contributed by atoms with Crippen molar-refractivity contribution < 1.29 is 4.74 Å². The van der Waals surface area contributed by atoms with Crippen LogP contribution in [0.1, 0.15) is 16.7 Å². The molecule has 19 heavy (non-hydrogen) atoms. The number of rotatable bonds is 3. The maximum Gasteiger partial charge on any atom is 0.133 e. The Labute approximate surface area is 117 Å². The van der Waals surface area contributed by atoms with Crippen LogP contribution in [-0.4, -0.2) is 5.84 Å². The van der Waals surface area contributed by atoms with Crippen molar-refractivity contribution >= 4 is 17.4 Å². The van der Waals surface area contributed by atoms with Crippen LogP contribution in [0.25, 0.3) is 0 Å². The summed E-state index contributed by atoms with van der Waals surface area (Å²) >= 11 is 5.99. The lowest BCUT2D eigenvalue weighted by molar-refractivity contribution is 0.475. The zero-order valence-electron chi connectivity index (χ0n) is 10.8. The molecular formula is C15H15ClN2O. The van der Waals surface area contributed by atoms with E-state index in [-0.39, 0.29) is 5.84 Å². The molecule has 3 N–H and O–H groups in total. The van der Waals surface area contributed by atoms with Gasteiger partial charge in [-0.05, 0) is 61.4 Å². The average molecular weight is 275 g/mol. The van der Waals surface area contributed by atoms with E-state index in [1.165, 1.54) is 0 Å². The highest BCUT2D eigenvalue weighted by molar-refractivity contribution is 6.30. The van der Waals surface area contributed by atoms with E-state index < -0.39 is 0 Å². The van der Waals surface area contributed by atoms with E-state index in [1.54, 1.807) is 24.3 Å². The van der Waals surface area contributed by atoms with Crippen LogP contribution in [0.3, 0.4) is 0 Å². The second kappa shape index (κ2) is 5.33. The average Bonchev–Trinajstić information content (AvgIpc) is 2.34. The number of halogens is 1. The summed E-state index contributed by atoms with van der Waals surface area (Å²) in [5, 5.41) is 8.04. The van der Waals surface area contributed by atoms with Crippen molar-refractivity contribution in [1.82, 2.24) is 0 Å². The minimum Gasteiger partial charge on any atom is -0.457 e. The number of ether oxygens (including phenoxy) is 1. The van der Waals surface area contributed by atoms with E-state index >= 15 is 0 Å². The van der Waals surface area contributed by atoms with Crippen LogP contribution >= 0.6 is 11.6 Å². The Morgan fingerprint density at radius 3 is 2.11 bits per heavy atom. The molecule has 2 aromatic rings. The molecule has 0 aromatic heterocycles. The van der Waals surface area contributed by atoms with Gasteiger partial charge in [0.25, 0.3) is 0 Å². The van der Waals surface area contributed by atoms with Crippen LogP contribution < -0.4 is 10.5 Å². The van der Waals surface area contributed by atoms with E-state index in [2.05, 4.69) is 0 Å². The number of hydrogen-bond donors (Lipinski definition) is 2. The van der Waals surface area contributed by atoms with Gasteiger partial charge in [0.15, 0.2) is 0 Å². The van der Waals surface area contributed by atoms with Crippen molar-refractivity contribution in [2.24, 2.45) is 5.73 Å². The van der Waals surface area contributed by atoms with E-state index in [0.29, 0.717) is 16.3 Å². The van der Waals surface area contributed by atoms with Crippen molar-refractivity contribution in [3.05, 3.63) is 58.1 Å². The molecule has 2 aromatic carbocycles. The molecule has 0 saturated carbocycles. The molecule has 0 saturated heterocycles. The first-order valence-corrected chi connectivity index (χ1v) is 6.24. The van der Waals surface area contributed by atoms with E-state index in [1.807, 2.05) is 26.0 Å². The summed E-state index contributed by atoms with van der Waals surface area (Å²) in [5.41, 5.74) is 8.06. The molecule has 0 atom stereocenters. The van der Waals surface area contributed by atoms with Gasteiger partial charge in [0.05, 0.1) is 0 Å². The molecule has 2 rings (SSSR count). The lowest BCUT2D eigenvalue weighted by atomic mass is 10.1. The normalized spacial score (nSPS) is 10.3. The van der Waals surface area contributed by atoms with Crippen molar-refractivity contribution in [2.45, 2.75) is 13.8 Å². The molecule has 0 aliphatic rings. The van der Waals surface area contributed by atoms with Gasteiger partial charge in [-0.25, -0.2) is 0 Å². The third-order valence-electron chi connectivity index (χ3n) is 2.81. The molecule has 0 aliphatic carbocycles. The predicted molar refractivity (Wildman–Crippen MR) is 78.5 cm³/mol. The number of benzene rings is 2. The Balaban J connectivity index is 2.29. The molecule has 4 heteroatoms. The van der Waals surface area contributed by atoms with Gasteiger partial charge in [-0.3, -0.25) is 5.41 Å². The summed E-state index contributed by atoms with van der Waals surface area (Å²) < 4.78 is 5.86. The summed E-state index contributed by atoms with van der Waals surface area (Å²) in [6.45, 7) is 3.91. The topological polar surface area (TPSA) is 59.1 Å². The lowest BCUT2D eigenvalue weighted by Gasteiger charge is -2.12. The highest BCUT2D eigenvalue weighted by atomic mass is 35.5. The molecule has 98 valence electrons. The number of hydrogen-bond acceptors (Lipinski definition) is 2. The SMILES string of the molecule is Cc1cc(Cl)cc(C)c1Oc1ccc(C(=N)N)cc1. The Morgan fingerprint density at radius 2 is 1.63 bits per heavy atom. The molecule has 0 amide bonds. The second-order valence-electron chi connectivity index (χ2n) is 4.41. The van der Waals surface area contributed by atoms with E-state index in [4.69, 9.17) is 27.5 Å². The molecule has 3 nitrogen and oxygen atoms in total. The molecule has 0 heterocycles. The zero-order valence-corrected chi connectivity index (χ0v) is 11.6. The fourth-order valence-electron chi connectivity index (χ4n) is 1.88. The quantitative estimate of drug-likeness (QED) is 0.656. The number of aryl methyl sites for hydroxylation is 2. The fraction of sp³-hybridized carbons (Fsp3) is 0.133. The smallest absolute Gasteiger partial charge is 0.133 e. The zero-order chi connectivity index (χ0) is 14.0. The first-order chi connectivity index (χ1) is 8.97. The van der Waals surface area contributed by atoms with Gasteiger partial charge in [-0.15, -0.1) is 0 Å². The lowest BCUT2D eigenvalue weighted by Crippen LogP contribution is -2.10. The van der Waals surface area contributed by atoms with Gasteiger partial charge in [0.2, 0.25) is 0 Å². The van der Waals surface area contributed by atoms with Crippen LogP contribution in [0.5, 0.6) is 11.5 Å². The summed E-state index contributed by atoms with van der Waals surface area (Å²) in [5.74, 6) is 1.56. The van der Waals surface area contributed by atoms with Crippen molar-refractivity contribution in [3.63, 3.8) is 0 Å². The third-order valence-corrected chi connectivity index (χ3v) is 3.03. The van der Waals surface area contributed by atoms with Gasteiger partial charge in [0, 0.05) is 10.6 Å². The van der Waals surface area contributed by atoms with Crippen LogP contribution in [-0.2, 0) is 0 Å². The summed E-state index contributed by atoms with van der Waals surface area (Å²) in [4.78, 5) is 0. The molecular weight excluding hydrogens is 260 g/mol. The van der Waals surface area contributed by atoms with Crippen molar-refractivity contribution in [3.8, 4) is 11.5 Å². The maximum atomic E-state index is 7.34. The van der Waals surface area contributed by atoms with Crippen molar-refractivity contribution in [2.75, 3.05) is 0 Å². The predicted octanol–water partition coefficient (Wildman–Crippen LogP) is 4.03. The van der Waals surface area contributed by atoms with Gasteiger partial charge >= 0.3 is 0 Å². The largest absolute Gasteiger partial charge is 0.457 e. The highest BCUT2D eigenvalue weighted by Gasteiger charge is 2.07. The Morgan fingerprint density at radius 1 is 1.11 bits per heavy atom. The molecule has 0 spiro atoms. The summed E-state index contributed by atoms with van der Waals surface area (Å²) in [6.07, 6.45) is 0. The highest BCUT2D eigenvalue weighted by Crippen LogP contribution is 2.31. The Kier molecular flexibility index (Phi) is 3.76. The minimum atomic E-state index is 0.0467. The third kappa shape index (κ3) is 3.06. The van der Waals surface area contributed by atoms with Crippen LogP contribution in [0.15, 0.2) is 36.4 Å². The molecule has 0 unspecified atom stereocenters. The second-order valence-corrected chi connectivity index (χ2v) is 4.85. The number of amidine groups is 1. The molecule has 0 fully saturated rings. The first kappa shape index (κ1) is 13.4. The van der Waals surface area contributed by atoms with Crippen LogP contribution in [0.2, 0.25) is 5.02 Å². The standard InChI is InChI=1S/C15H15ClN2O/c1-9-7-12(16)8-10(2)14(9)19-13-5-3-11(4-6-13)15(17)18/h3-8H,1-2H3,(H3,17,18). The maximum absolute atomic E-state index is 7.34. The van der Waals surface area contributed by atoms with E-state index in [0.717, 1.165) is 16.9 Å². The minimum absolute atomic E-state index is 0.0467. The first-order valence-electron chi connectivity index (χ1n) is 5.86. The van der Waals surface area contributed by atoms with Crippen molar-refractivity contribution in [1.29, 1.82) is 5.41 Å². The Bertz CT molecular complexity index is 598. The van der Waals surface area contributed by atoms with Gasteiger partial charge in [0.1, 0.15) is 17.3 Å². The van der Waals surface area contributed by atoms with Crippen LogP contribution in [0.4, 0.5) is 0 Å². The summed E-state index contributed by atoms with van der Waals surface area (Å²) in [6, 6.07) is 10.9. The molecule has 0 aliphatic heterocycles. The fourth-order valence-corrected chi connectivity index (χ4v) is 2.21. The molecule has 0 bridgehead atoms. The number of nitrogens with two attached hydrogens (primary N) is 1. The van der Waals surface area contributed by atoms with Gasteiger partial charge in [-0.2, -0.15) is 0 Å². The van der Waals surface area contributed by atoms with E-state index in [9.17, 15) is 0 Å². The number of nitrogens with one attached hydrogen (secondary N) is 1. The monoisotopic (exact) mass is 274 g/mol. The van der Waals surface area contributed by atoms with Gasteiger partial charge in [-0.1, -0.05) is 11.6 Å².